The minimum absolute atomic E-state index is 0.0522. The van der Waals surface area contributed by atoms with E-state index in [2.05, 4.69) is 47.7 Å². The van der Waals surface area contributed by atoms with Gasteiger partial charge in [-0.1, -0.05) is 24.0 Å². The maximum atomic E-state index is 15.5. The second-order valence-corrected chi connectivity index (χ2v) is 17.0. The molecule has 64 heavy (non-hydrogen) atoms. The Morgan fingerprint density at radius 2 is 1.94 bits per heavy atom. The average Bonchev–Trinajstić information content (AvgIpc) is 4.01. The predicted molar refractivity (Wildman–Crippen MR) is 227 cm³/mol. The first-order valence-corrected chi connectivity index (χ1v) is 21.8. The van der Waals surface area contributed by atoms with E-state index < -0.39 is 36.2 Å². The molecule has 0 spiro atoms. The molecular formula is C44H50F3N11O6. The van der Waals surface area contributed by atoms with E-state index in [1.807, 2.05) is 23.1 Å². The third-order valence-corrected chi connectivity index (χ3v) is 12.8. The Bertz CT molecular complexity index is 2590. The van der Waals surface area contributed by atoms with Gasteiger partial charge in [0.1, 0.15) is 24.2 Å². The van der Waals surface area contributed by atoms with E-state index in [4.69, 9.17) is 9.47 Å². The van der Waals surface area contributed by atoms with Crippen LogP contribution in [-0.2, 0) is 26.1 Å². The maximum absolute atomic E-state index is 15.5. The summed E-state index contributed by atoms with van der Waals surface area (Å²) >= 11 is 0. The van der Waals surface area contributed by atoms with Crippen molar-refractivity contribution in [3.05, 3.63) is 65.4 Å². The Morgan fingerprint density at radius 1 is 1.09 bits per heavy atom. The molecule has 2 unspecified atom stereocenters. The number of aryl methyl sites for hydroxylation is 1. The Hall–Kier alpha value is -5.88. The van der Waals surface area contributed by atoms with E-state index >= 15 is 4.39 Å². The third-order valence-electron chi connectivity index (χ3n) is 12.8. The van der Waals surface area contributed by atoms with Crippen molar-refractivity contribution in [1.82, 2.24) is 44.4 Å². The number of rotatable bonds is 11. The van der Waals surface area contributed by atoms with Crippen molar-refractivity contribution >= 4 is 45.8 Å². The van der Waals surface area contributed by atoms with Crippen molar-refractivity contribution in [3.63, 3.8) is 0 Å². The summed E-state index contributed by atoms with van der Waals surface area (Å²) in [6.07, 6.45) is 3.64. The van der Waals surface area contributed by atoms with Crippen LogP contribution in [0.25, 0.3) is 16.6 Å². The van der Waals surface area contributed by atoms with Gasteiger partial charge in [0.2, 0.25) is 11.8 Å². The van der Waals surface area contributed by atoms with Gasteiger partial charge in [-0.3, -0.25) is 34.0 Å². The van der Waals surface area contributed by atoms with Gasteiger partial charge in [0.25, 0.3) is 12.3 Å². The summed E-state index contributed by atoms with van der Waals surface area (Å²) in [6.45, 7) is 2.95. The van der Waals surface area contributed by atoms with Gasteiger partial charge in [0.05, 0.1) is 66.0 Å². The van der Waals surface area contributed by atoms with Crippen molar-refractivity contribution in [3.8, 4) is 11.8 Å². The number of amides is 3. The van der Waals surface area contributed by atoms with E-state index in [1.54, 1.807) is 24.0 Å². The van der Waals surface area contributed by atoms with E-state index in [-0.39, 0.29) is 67.0 Å². The quantitative estimate of drug-likeness (QED) is 0.129. The van der Waals surface area contributed by atoms with Gasteiger partial charge < -0.3 is 24.8 Å². The van der Waals surface area contributed by atoms with Crippen LogP contribution >= 0.6 is 0 Å². The highest BCUT2D eigenvalue weighted by Crippen LogP contribution is 2.36. The monoisotopic (exact) mass is 885 g/mol. The third kappa shape index (κ3) is 9.07. The molecule has 338 valence electrons. The summed E-state index contributed by atoms with van der Waals surface area (Å²) in [7, 11) is 1.79. The summed E-state index contributed by atoms with van der Waals surface area (Å²) in [5.74, 6) is 5.25. The molecule has 3 N–H and O–H groups in total. The van der Waals surface area contributed by atoms with Crippen LogP contribution in [0.15, 0.2) is 42.9 Å². The van der Waals surface area contributed by atoms with E-state index in [0.29, 0.717) is 74.9 Å². The van der Waals surface area contributed by atoms with Crippen LogP contribution in [0.5, 0.6) is 0 Å². The molecule has 1 saturated carbocycles. The molecule has 9 rings (SSSR count). The van der Waals surface area contributed by atoms with Crippen molar-refractivity contribution in [2.24, 2.45) is 13.0 Å². The molecule has 3 aliphatic heterocycles. The van der Waals surface area contributed by atoms with E-state index in [0.717, 1.165) is 30.3 Å². The molecule has 4 fully saturated rings. The number of carbonyl (C=O) groups excluding carboxylic acids is 3. The number of ether oxygens (including phenoxy) is 2. The van der Waals surface area contributed by atoms with Gasteiger partial charge in [-0.25, -0.2) is 22.7 Å². The smallest absolute Gasteiger partial charge is 0.284 e. The van der Waals surface area contributed by atoms with Crippen LogP contribution in [0, 0.1) is 17.8 Å². The molecule has 20 heteroatoms. The molecule has 1 aliphatic carbocycles. The van der Waals surface area contributed by atoms with Gasteiger partial charge in [-0.05, 0) is 56.6 Å². The number of aromatic nitrogens is 7. The zero-order valence-corrected chi connectivity index (χ0v) is 35.3. The number of hydrogen-bond donors (Lipinski definition) is 3. The molecule has 17 nitrogen and oxygen atoms in total. The highest BCUT2D eigenvalue weighted by molar-refractivity contribution is 6.08. The minimum Gasteiger partial charge on any atom is -0.394 e. The highest BCUT2D eigenvalue weighted by atomic mass is 19.3. The summed E-state index contributed by atoms with van der Waals surface area (Å²) in [5, 5.41) is 28.5. The maximum Gasteiger partial charge on any atom is 0.284 e. The first-order valence-electron chi connectivity index (χ1n) is 21.8. The summed E-state index contributed by atoms with van der Waals surface area (Å²) in [6, 6.07) is 7.22. The summed E-state index contributed by atoms with van der Waals surface area (Å²) in [4.78, 5) is 46.5. The van der Waals surface area contributed by atoms with Gasteiger partial charge in [-0.2, -0.15) is 15.3 Å². The minimum atomic E-state index is -2.92. The molecule has 1 aromatic carbocycles. The van der Waals surface area contributed by atoms with Crippen LogP contribution in [0.1, 0.15) is 90.6 Å². The Balaban J connectivity index is 0.756. The number of benzene rings is 1. The van der Waals surface area contributed by atoms with Gasteiger partial charge >= 0.3 is 0 Å². The Morgan fingerprint density at radius 3 is 2.72 bits per heavy atom. The van der Waals surface area contributed by atoms with Crippen molar-refractivity contribution in [1.29, 1.82) is 0 Å². The molecule has 3 amide bonds. The molecule has 4 aromatic heterocycles. The Labute approximate surface area is 366 Å². The van der Waals surface area contributed by atoms with Crippen LogP contribution in [0.4, 0.5) is 24.7 Å². The number of aliphatic hydroxyl groups excluding tert-OH is 1. The number of para-hydroxylation sites is 1. The number of halogens is 3. The number of fused-ring (bicyclic) bond motifs is 2. The lowest BCUT2D eigenvalue weighted by atomic mass is 9.85. The highest BCUT2D eigenvalue weighted by Gasteiger charge is 2.34. The number of piperidine rings is 2. The number of nitrogens with zero attached hydrogens (tertiary/aromatic N) is 9. The molecular weight excluding hydrogens is 836 g/mol. The second-order valence-electron chi connectivity index (χ2n) is 17.0. The van der Waals surface area contributed by atoms with Crippen LogP contribution in [-0.4, -0.2) is 133 Å². The average molecular weight is 886 g/mol. The lowest BCUT2D eigenvalue weighted by Gasteiger charge is -2.38. The molecule has 0 bridgehead atoms. The van der Waals surface area contributed by atoms with E-state index in [9.17, 15) is 28.3 Å². The van der Waals surface area contributed by atoms with Gasteiger partial charge in [0, 0.05) is 64.0 Å². The first kappa shape index (κ1) is 43.4. The van der Waals surface area contributed by atoms with Crippen LogP contribution < -0.4 is 15.5 Å². The molecule has 7 heterocycles. The number of nitrogens with one attached hydrogen (secondary N) is 2. The van der Waals surface area contributed by atoms with Crippen molar-refractivity contribution < 1.29 is 42.1 Å². The van der Waals surface area contributed by atoms with Crippen molar-refractivity contribution in [2.75, 3.05) is 62.8 Å². The zero-order chi connectivity index (χ0) is 44.5. The lowest BCUT2D eigenvalue weighted by Crippen LogP contribution is -2.47. The summed E-state index contributed by atoms with van der Waals surface area (Å²) < 4.78 is 60.2. The largest absolute Gasteiger partial charge is 0.394 e. The van der Waals surface area contributed by atoms with Crippen LogP contribution in [0.3, 0.4) is 0 Å². The number of carbonyl (C=O) groups is 3. The van der Waals surface area contributed by atoms with Gasteiger partial charge in [-0.15, -0.1) is 0 Å². The Kier molecular flexibility index (Phi) is 12.7. The zero-order valence-electron chi connectivity index (χ0n) is 35.3. The lowest BCUT2D eigenvalue weighted by molar-refractivity contribution is -0.134. The number of likely N-dealkylation sites (tertiary alicyclic amines) is 1. The number of hydrogen-bond acceptors (Lipinski definition) is 12. The number of aliphatic hydroxyl groups is 1. The summed E-state index contributed by atoms with van der Waals surface area (Å²) in [5.41, 5.74) is 1.87. The van der Waals surface area contributed by atoms with E-state index in [1.165, 1.54) is 21.6 Å². The van der Waals surface area contributed by atoms with Crippen LogP contribution in [0.2, 0.25) is 0 Å². The fourth-order valence-electron chi connectivity index (χ4n) is 9.49. The fraction of sp³-hybridized carbons (Fsp3) is 0.523. The molecule has 4 aliphatic rings. The number of alkyl halides is 3. The predicted octanol–water partition coefficient (Wildman–Crippen LogP) is 3.93. The molecule has 3 saturated heterocycles. The topological polar surface area (TPSA) is 186 Å². The number of morpholine rings is 1. The normalized spacial score (nSPS) is 24.6. The first-order chi connectivity index (χ1) is 31.0. The molecule has 5 aromatic rings. The molecule has 4 atom stereocenters. The van der Waals surface area contributed by atoms with Crippen molar-refractivity contribution in [2.45, 2.75) is 81.7 Å². The molecule has 0 radical (unpaired) electrons. The fourth-order valence-corrected chi connectivity index (χ4v) is 9.49. The SMILES string of the molecule is Cn1nc(C2CCC(=O)NC2=O)c2cccc(C#CCO[C@@H]3CCN(CC4CCC(n5cc(NC(=O)c6cnn7ccc(N8CCOC(CO)C8)nc67)c(C(F)F)n5)CC4)C[C@@H]3F)c21. The number of imide groups is 1. The standard InChI is InChI=1S/C44H50F3N11O6/c1-54-40-27(4-2-6-30(40)38(52-54)31-11-12-37(60)51-43(31)61)5-3-18-64-35-13-15-55(23-33(35)45)21-26-7-9-28(10-8-26)58-24-34(39(53-58)41(46)47)49-44(62)32-20-48-57-16-14-36(50-42(32)57)56-17-19-63-29(22-56)25-59/h2,4,6,14,16,20,24,26,28-29,31,33,35,41,59H,7-13,15,17-19,21-23,25H2,1H3,(H,49,62)(H,51,60,61)/t26?,28?,29?,31?,33-,35+/m0/s1. The number of anilines is 2. The second kappa shape index (κ2) is 18.7. The van der Waals surface area contributed by atoms with Gasteiger partial charge in [0.15, 0.2) is 11.3 Å².